The Balaban J connectivity index is 1.80. The minimum atomic E-state index is 0.0266. The molecule has 128 valence electrons. The summed E-state index contributed by atoms with van der Waals surface area (Å²) in [5, 5.41) is 0.0266. The van der Waals surface area contributed by atoms with Crippen LogP contribution in [0.5, 0.6) is 11.5 Å². The molecule has 7 nitrogen and oxygen atoms in total. The lowest BCUT2D eigenvalue weighted by molar-refractivity contribution is 0.297. The summed E-state index contributed by atoms with van der Waals surface area (Å²) in [6.07, 6.45) is 0.894. The number of nitrogens with two attached hydrogens (primary N) is 1. The Morgan fingerprint density at radius 3 is 2.62 bits per heavy atom. The molecule has 1 aromatic carbocycles. The lowest BCUT2D eigenvalue weighted by atomic mass is 10.3. The summed E-state index contributed by atoms with van der Waals surface area (Å²) in [5.74, 6) is 3.03. The lowest BCUT2D eigenvalue weighted by Gasteiger charge is -2.15. The van der Waals surface area contributed by atoms with Gasteiger partial charge in [-0.25, -0.2) is 0 Å². The Labute approximate surface area is 145 Å². The van der Waals surface area contributed by atoms with E-state index in [0.29, 0.717) is 25.0 Å². The second kappa shape index (κ2) is 7.12. The number of fused-ring (bicyclic) bond motifs is 1. The molecule has 2 aromatic rings. The molecular weight excluding hydrogens is 326 g/mol. The average Bonchev–Trinajstić information content (AvgIpc) is 2.79. The number of anilines is 2. The first-order valence-corrected chi connectivity index (χ1v) is 8.66. The van der Waals surface area contributed by atoms with Crippen LogP contribution >= 0.6 is 11.8 Å². The maximum Gasteiger partial charge on any atom is 0.229 e. The van der Waals surface area contributed by atoms with Crippen molar-refractivity contribution in [3.63, 3.8) is 0 Å². The normalized spacial score (nSPS) is 14.8. The topological polar surface area (TPSA) is 86.4 Å². The van der Waals surface area contributed by atoms with Gasteiger partial charge in [-0.15, -0.1) is 11.8 Å². The molecule has 24 heavy (non-hydrogen) atoms. The van der Waals surface area contributed by atoms with Crippen LogP contribution < -0.4 is 20.1 Å². The third kappa shape index (κ3) is 3.81. The highest BCUT2D eigenvalue weighted by atomic mass is 32.2. The fourth-order valence-corrected chi connectivity index (χ4v) is 3.19. The number of thioether (sulfide) groups is 1. The zero-order valence-electron chi connectivity index (χ0n) is 14.0. The van der Waals surface area contributed by atoms with E-state index in [-0.39, 0.29) is 11.2 Å². The molecule has 0 spiro atoms. The molecular formula is C16H21N5O2S. The van der Waals surface area contributed by atoms with Crippen LogP contribution in [0.3, 0.4) is 0 Å². The Hall–Kier alpha value is -2.22. The number of rotatable bonds is 4. The Kier molecular flexibility index (Phi) is 4.94. The number of hydrogen-bond donors (Lipinski definition) is 1. The minimum absolute atomic E-state index is 0.0266. The molecule has 0 amide bonds. The summed E-state index contributed by atoms with van der Waals surface area (Å²) in [4.78, 5) is 15.8. The molecule has 3 rings (SSSR count). The average molecular weight is 347 g/mol. The Morgan fingerprint density at radius 1 is 1.12 bits per heavy atom. The molecule has 1 aliphatic rings. The molecule has 8 heteroatoms. The number of aromatic nitrogens is 3. The van der Waals surface area contributed by atoms with Crippen molar-refractivity contribution in [2.24, 2.45) is 0 Å². The number of ether oxygens (including phenoxy) is 2. The molecule has 0 bridgehead atoms. The van der Waals surface area contributed by atoms with Crippen LogP contribution in [0.25, 0.3) is 0 Å². The standard InChI is InChI=1S/C16H21N5O2S/c1-10(14-18-15(17)20-16(19-14)21(2)3)24-11-5-6-12-13(9-11)23-8-4-7-22-12/h5-6,9-10H,4,7-8H2,1-3H3,(H2,17,18,19,20)/t10-/m1/s1. The molecule has 0 radical (unpaired) electrons. The van der Waals surface area contributed by atoms with Crippen molar-refractivity contribution in [1.82, 2.24) is 15.0 Å². The van der Waals surface area contributed by atoms with Crippen molar-refractivity contribution in [3.8, 4) is 11.5 Å². The summed E-state index contributed by atoms with van der Waals surface area (Å²) in [6.45, 7) is 3.40. The van der Waals surface area contributed by atoms with E-state index < -0.39 is 0 Å². The van der Waals surface area contributed by atoms with Gasteiger partial charge in [-0.3, -0.25) is 0 Å². The van der Waals surface area contributed by atoms with E-state index in [9.17, 15) is 0 Å². The van der Waals surface area contributed by atoms with Crippen molar-refractivity contribution < 1.29 is 9.47 Å². The molecule has 0 fully saturated rings. The van der Waals surface area contributed by atoms with Gasteiger partial charge in [0.25, 0.3) is 0 Å². The van der Waals surface area contributed by atoms with Crippen molar-refractivity contribution in [3.05, 3.63) is 24.0 Å². The van der Waals surface area contributed by atoms with Crippen LogP contribution in [-0.2, 0) is 0 Å². The molecule has 0 saturated carbocycles. The number of hydrogen-bond acceptors (Lipinski definition) is 8. The van der Waals surface area contributed by atoms with E-state index in [1.807, 2.05) is 44.1 Å². The van der Waals surface area contributed by atoms with Crippen LogP contribution in [0.4, 0.5) is 11.9 Å². The smallest absolute Gasteiger partial charge is 0.229 e. The highest BCUT2D eigenvalue weighted by Crippen LogP contribution is 2.39. The van der Waals surface area contributed by atoms with Crippen LogP contribution in [0, 0.1) is 0 Å². The van der Waals surface area contributed by atoms with Gasteiger partial charge in [-0.2, -0.15) is 15.0 Å². The Bertz CT molecular complexity index is 726. The van der Waals surface area contributed by atoms with Gasteiger partial charge in [-0.1, -0.05) is 0 Å². The van der Waals surface area contributed by atoms with Crippen LogP contribution in [0.2, 0.25) is 0 Å². The number of nitrogen functional groups attached to an aromatic ring is 1. The third-order valence-electron chi connectivity index (χ3n) is 3.45. The zero-order chi connectivity index (χ0) is 17.1. The van der Waals surface area contributed by atoms with Crippen molar-refractivity contribution >= 4 is 23.7 Å². The van der Waals surface area contributed by atoms with E-state index in [1.54, 1.807) is 11.8 Å². The van der Waals surface area contributed by atoms with E-state index in [0.717, 1.165) is 22.8 Å². The van der Waals surface area contributed by atoms with Gasteiger partial charge in [0.05, 0.1) is 18.5 Å². The van der Waals surface area contributed by atoms with Gasteiger partial charge in [0, 0.05) is 25.4 Å². The van der Waals surface area contributed by atoms with Crippen LogP contribution in [-0.4, -0.2) is 42.3 Å². The first-order chi connectivity index (χ1) is 11.5. The van der Waals surface area contributed by atoms with E-state index >= 15 is 0 Å². The summed E-state index contributed by atoms with van der Waals surface area (Å²) in [5.41, 5.74) is 5.80. The number of nitrogens with zero attached hydrogens (tertiary/aromatic N) is 4. The first-order valence-electron chi connectivity index (χ1n) is 7.78. The van der Waals surface area contributed by atoms with Gasteiger partial charge in [0.15, 0.2) is 11.5 Å². The SMILES string of the molecule is C[C@@H](Sc1ccc2c(c1)OCCCO2)c1nc(N)nc(N(C)C)n1. The first kappa shape index (κ1) is 16.6. The molecule has 1 atom stereocenters. The van der Waals surface area contributed by atoms with Gasteiger partial charge in [0.1, 0.15) is 5.82 Å². The largest absolute Gasteiger partial charge is 0.490 e. The molecule has 1 aromatic heterocycles. The van der Waals surface area contributed by atoms with E-state index in [2.05, 4.69) is 15.0 Å². The van der Waals surface area contributed by atoms with Crippen molar-refractivity contribution in [1.29, 1.82) is 0 Å². The molecule has 1 aliphatic heterocycles. The molecule has 0 aliphatic carbocycles. The molecule has 0 saturated heterocycles. The van der Waals surface area contributed by atoms with Gasteiger partial charge in [-0.05, 0) is 25.1 Å². The molecule has 0 unspecified atom stereocenters. The fourth-order valence-electron chi connectivity index (χ4n) is 2.25. The van der Waals surface area contributed by atoms with E-state index in [4.69, 9.17) is 15.2 Å². The van der Waals surface area contributed by atoms with Gasteiger partial charge >= 0.3 is 0 Å². The maximum atomic E-state index is 5.80. The summed E-state index contributed by atoms with van der Waals surface area (Å²) < 4.78 is 11.4. The van der Waals surface area contributed by atoms with E-state index in [1.165, 1.54) is 0 Å². The van der Waals surface area contributed by atoms with Crippen molar-refractivity contribution in [2.75, 3.05) is 37.9 Å². The summed E-state index contributed by atoms with van der Waals surface area (Å²) >= 11 is 1.64. The second-order valence-electron chi connectivity index (χ2n) is 5.67. The summed E-state index contributed by atoms with van der Waals surface area (Å²) in [7, 11) is 3.75. The van der Waals surface area contributed by atoms with Gasteiger partial charge in [0.2, 0.25) is 11.9 Å². The monoisotopic (exact) mass is 347 g/mol. The predicted molar refractivity (Wildman–Crippen MR) is 94.9 cm³/mol. The summed E-state index contributed by atoms with van der Waals surface area (Å²) in [6, 6.07) is 5.97. The highest BCUT2D eigenvalue weighted by Gasteiger charge is 2.17. The quantitative estimate of drug-likeness (QED) is 0.845. The predicted octanol–water partition coefficient (Wildman–Crippen LogP) is 2.53. The Morgan fingerprint density at radius 2 is 1.88 bits per heavy atom. The van der Waals surface area contributed by atoms with Gasteiger partial charge < -0.3 is 20.1 Å². The highest BCUT2D eigenvalue weighted by molar-refractivity contribution is 7.99. The van der Waals surface area contributed by atoms with Crippen LogP contribution in [0.15, 0.2) is 23.1 Å². The molecule has 2 heterocycles. The molecule has 2 N–H and O–H groups in total. The van der Waals surface area contributed by atoms with Crippen molar-refractivity contribution in [2.45, 2.75) is 23.5 Å². The fraction of sp³-hybridized carbons (Fsp3) is 0.438. The zero-order valence-corrected chi connectivity index (χ0v) is 14.8. The second-order valence-corrected chi connectivity index (χ2v) is 7.08. The third-order valence-corrected chi connectivity index (χ3v) is 4.54. The lowest BCUT2D eigenvalue weighted by Crippen LogP contribution is -2.16. The minimum Gasteiger partial charge on any atom is -0.490 e. The maximum absolute atomic E-state index is 5.80. The van der Waals surface area contributed by atoms with Crippen LogP contribution in [0.1, 0.15) is 24.4 Å². The number of benzene rings is 1.